The SMILES string of the molecule is CCCOC(=O)NCCCCCC(=O)O. The van der Waals surface area contributed by atoms with Crippen molar-refractivity contribution in [3.63, 3.8) is 0 Å². The van der Waals surface area contributed by atoms with Crippen molar-refractivity contribution in [2.24, 2.45) is 0 Å². The van der Waals surface area contributed by atoms with Gasteiger partial charge in [0.05, 0.1) is 6.61 Å². The van der Waals surface area contributed by atoms with Gasteiger partial charge in [-0.1, -0.05) is 13.3 Å². The number of amides is 1. The highest BCUT2D eigenvalue weighted by molar-refractivity contribution is 5.67. The molecule has 0 aromatic carbocycles. The third kappa shape index (κ3) is 10.7. The predicted octanol–water partition coefficient (Wildman–Crippen LogP) is 1.77. The molecule has 2 N–H and O–H groups in total. The van der Waals surface area contributed by atoms with Gasteiger partial charge in [-0.15, -0.1) is 0 Å². The lowest BCUT2D eigenvalue weighted by Gasteiger charge is -2.05. The first-order valence-corrected chi connectivity index (χ1v) is 5.29. The van der Waals surface area contributed by atoms with Gasteiger partial charge in [0.25, 0.3) is 0 Å². The Labute approximate surface area is 89.8 Å². The molecule has 0 saturated carbocycles. The Hall–Kier alpha value is -1.26. The number of hydrogen-bond donors (Lipinski definition) is 2. The molecule has 0 aromatic rings. The smallest absolute Gasteiger partial charge is 0.407 e. The van der Waals surface area contributed by atoms with Crippen LogP contribution in [-0.4, -0.2) is 30.3 Å². The molecule has 0 radical (unpaired) electrons. The van der Waals surface area contributed by atoms with E-state index < -0.39 is 12.1 Å². The van der Waals surface area contributed by atoms with E-state index in [4.69, 9.17) is 9.84 Å². The molecule has 0 spiro atoms. The number of carbonyl (C=O) groups excluding carboxylic acids is 1. The molecule has 15 heavy (non-hydrogen) atoms. The molecule has 0 rings (SSSR count). The number of aliphatic carboxylic acids is 1. The van der Waals surface area contributed by atoms with Crippen LogP contribution < -0.4 is 5.32 Å². The van der Waals surface area contributed by atoms with Gasteiger partial charge < -0.3 is 15.2 Å². The van der Waals surface area contributed by atoms with E-state index in [2.05, 4.69) is 5.32 Å². The summed E-state index contributed by atoms with van der Waals surface area (Å²) >= 11 is 0. The average Bonchev–Trinajstić information content (AvgIpc) is 2.19. The van der Waals surface area contributed by atoms with Crippen LogP contribution in [0.5, 0.6) is 0 Å². The summed E-state index contributed by atoms with van der Waals surface area (Å²) in [6, 6.07) is 0. The first-order valence-electron chi connectivity index (χ1n) is 5.29. The maximum absolute atomic E-state index is 10.9. The third-order valence-electron chi connectivity index (χ3n) is 1.77. The number of carboxylic acids is 1. The summed E-state index contributed by atoms with van der Waals surface area (Å²) in [6.07, 6.45) is 2.86. The first-order chi connectivity index (χ1) is 7.16. The topological polar surface area (TPSA) is 75.6 Å². The van der Waals surface area contributed by atoms with Crippen molar-refractivity contribution >= 4 is 12.1 Å². The number of ether oxygens (including phenoxy) is 1. The van der Waals surface area contributed by atoms with E-state index in [0.717, 1.165) is 19.3 Å². The molecule has 0 unspecified atom stereocenters. The minimum absolute atomic E-state index is 0.195. The Morgan fingerprint density at radius 2 is 2.00 bits per heavy atom. The van der Waals surface area contributed by atoms with E-state index >= 15 is 0 Å². The number of rotatable bonds is 8. The van der Waals surface area contributed by atoms with Crippen LogP contribution in [0.3, 0.4) is 0 Å². The van der Waals surface area contributed by atoms with Gasteiger partial charge in [0.1, 0.15) is 0 Å². The van der Waals surface area contributed by atoms with Gasteiger partial charge in [-0.25, -0.2) is 4.79 Å². The summed E-state index contributed by atoms with van der Waals surface area (Å²) in [7, 11) is 0. The largest absolute Gasteiger partial charge is 0.481 e. The standard InChI is InChI=1S/C10H19NO4/c1-2-8-15-10(14)11-7-5-3-4-6-9(12)13/h2-8H2,1H3,(H,11,14)(H,12,13). The summed E-state index contributed by atoms with van der Waals surface area (Å²) in [4.78, 5) is 21.1. The summed E-state index contributed by atoms with van der Waals surface area (Å²) < 4.78 is 4.79. The number of unbranched alkanes of at least 4 members (excludes halogenated alkanes) is 2. The number of alkyl carbamates (subject to hydrolysis) is 1. The van der Waals surface area contributed by atoms with Crippen molar-refractivity contribution in [3.8, 4) is 0 Å². The second-order valence-corrected chi connectivity index (χ2v) is 3.27. The van der Waals surface area contributed by atoms with E-state index in [9.17, 15) is 9.59 Å². The maximum atomic E-state index is 10.9. The number of hydrogen-bond acceptors (Lipinski definition) is 3. The molecule has 0 heterocycles. The lowest BCUT2D eigenvalue weighted by atomic mass is 10.2. The lowest BCUT2D eigenvalue weighted by Crippen LogP contribution is -2.25. The minimum atomic E-state index is -0.773. The fraction of sp³-hybridized carbons (Fsp3) is 0.800. The van der Waals surface area contributed by atoms with E-state index in [1.807, 2.05) is 6.92 Å². The van der Waals surface area contributed by atoms with Gasteiger partial charge in [-0.05, 0) is 19.3 Å². The third-order valence-corrected chi connectivity index (χ3v) is 1.77. The van der Waals surface area contributed by atoms with Crippen LogP contribution in [0.2, 0.25) is 0 Å². The van der Waals surface area contributed by atoms with Crippen LogP contribution in [-0.2, 0) is 9.53 Å². The first kappa shape index (κ1) is 13.7. The Kier molecular flexibility index (Phi) is 8.52. The molecule has 0 aliphatic rings. The molecular weight excluding hydrogens is 198 g/mol. The minimum Gasteiger partial charge on any atom is -0.481 e. The fourth-order valence-corrected chi connectivity index (χ4v) is 1.01. The summed E-state index contributed by atoms with van der Waals surface area (Å²) in [5.74, 6) is -0.773. The number of nitrogens with one attached hydrogen (secondary N) is 1. The van der Waals surface area contributed by atoms with Crippen LogP contribution >= 0.6 is 0 Å². The normalized spacial score (nSPS) is 9.67. The molecule has 5 heteroatoms. The van der Waals surface area contributed by atoms with Crippen molar-refractivity contribution in [1.29, 1.82) is 0 Å². The van der Waals surface area contributed by atoms with Gasteiger partial charge in [-0.2, -0.15) is 0 Å². The predicted molar refractivity (Wildman–Crippen MR) is 55.7 cm³/mol. The molecule has 0 bridgehead atoms. The number of carboxylic acid groups (broad SMARTS) is 1. The van der Waals surface area contributed by atoms with Gasteiger partial charge >= 0.3 is 12.1 Å². The van der Waals surface area contributed by atoms with E-state index in [1.165, 1.54) is 0 Å². The van der Waals surface area contributed by atoms with Crippen LogP contribution in [0.25, 0.3) is 0 Å². The molecule has 88 valence electrons. The van der Waals surface area contributed by atoms with Crippen molar-refractivity contribution in [1.82, 2.24) is 5.32 Å². The molecule has 0 aliphatic carbocycles. The monoisotopic (exact) mass is 217 g/mol. The molecule has 0 saturated heterocycles. The van der Waals surface area contributed by atoms with Crippen LogP contribution in [0.15, 0.2) is 0 Å². The molecule has 0 aromatic heterocycles. The fourth-order valence-electron chi connectivity index (χ4n) is 1.01. The molecule has 0 aliphatic heterocycles. The highest BCUT2D eigenvalue weighted by atomic mass is 16.5. The second-order valence-electron chi connectivity index (χ2n) is 3.27. The lowest BCUT2D eigenvalue weighted by molar-refractivity contribution is -0.137. The zero-order valence-electron chi connectivity index (χ0n) is 9.12. The Morgan fingerprint density at radius 3 is 2.60 bits per heavy atom. The highest BCUT2D eigenvalue weighted by Gasteiger charge is 2.00. The quantitative estimate of drug-likeness (QED) is 0.607. The molecule has 5 nitrogen and oxygen atoms in total. The van der Waals surface area contributed by atoms with Gasteiger partial charge in [-0.3, -0.25) is 4.79 Å². The molecule has 1 amide bonds. The van der Waals surface area contributed by atoms with Crippen LogP contribution in [0.4, 0.5) is 4.79 Å². The summed E-state index contributed by atoms with van der Waals surface area (Å²) in [5.41, 5.74) is 0. The second kappa shape index (κ2) is 9.30. The average molecular weight is 217 g/mol. The molecule has 0 fully saturated rings. The molecule has 0 atom stereocenters. The molecular formula is C10H19NO4. The van der Waals surface area contributed by atoms with E-state index in [0.29, 0.717) is 19.6 Å². The summed E-state index contributed by atoms with van der Waals surface area (Å²) in [5, 5.41) is 11.0. The van der Waals surface area contributed by atoms with Crippen molar-refractivity contribution in [2.75, 3.05) is 13.2 Å². The number of carbonyl (C=O) groups is 2. The Balaban J connectivity index is 3.16. The van der Waals surface area contributed by atoms with Crippen LogP contribution in [0, 0.1) is 0 Å². The Bertz CT molecular complexity index is 194. The van der Waals surface area contributed by atoms with Gasteiger partial charge in [0, 0.05) is 13.0 Å². The van der Waals surface area contributed by atoms with Crippen molar-refractivity contribution in [2.45, 2.75) is 39.0 Å². The van der Waals surface area contributed by atoms with Gasteiger partial charge in [0.15, 0.2) is 0 Å². The van der Waals surface area contributed by atoms with Crippen molar-refractivity contribution < 1.29 is 19.4 Å². The zero-order chi connectivity index (χ0) is 11.5. The van der Waals surface area contributed by atoms with Crippen molar-refractivity contribution in [3.05, 3.63) is 0 Å². The van der Waals surface area contributed by atoms with Gasteiger partial charge in [0.2, 0.25) is 0 Å². The van der Waals surface area contributed by atoms with E-state index in [1.54, 1.807) is 0 Å². The zero-order valence-corrected chi connectivity index (χ0v) is 9.12. The highest BCUT2D eigenvalue weighted by Crippen LogP contribution is 1.98. The summed E-state index contributed by atoms with van der Waals surface area (Å²) in [6.45, 7) is 2.91. The maximum Gasteiger partial charge on any atom is 0.407 e. The van der Waals surface area contributed by atoms with Crippen LogP contribution in [0.1, 0.15) is 39.0 Å². The van der Waals surface area contributed by atoms with E-state index in [-0.39, 0.29) is 6.42 Å². The Morgan fingerprint density at radius 1 is 1.27 bits per heavy atom.